The molecule has 0 fully saturated rings. The lowest BCUT2D eigenvalue weighted by Gasteiger charge is -2.34. The van der Waals surface area contributed by atoms with Crippen LogP contribution in [0.3, 0.4) is 0 Å². The van der Waals surface area contributed by atoms with Gasteiger partial charge in [0.1, 0.15) is 6.29 Å². The third kappa shape index (κ3) is 3.33. The van der Waals surface area contributed by atoms with E-state index in [2.05, 4.69) is 26.8 Å². The Morgan fingerprint density at radius 3 is 2.67 bits per heavy atom. The predicted octanol–water partition coefficient (Wildman–Crippen LogP) is 4.05. The van der Waals surface area contributed by atoms with Crippen molar-refractivity contribution in [1.29, 1.82) is 0 Å². The third-order valence-electron chi connectivity index (χ3n) is 3.41. The fourth-order valence-electron chi connectivity index (χ4n) is 2.48. The van der Waals surface area contributed by atoms with E-state index in [9.17, 15) is 4.79 Å². The smallest absolute Gasteiger partial charge is 0.123 e. The molecule has 0 bridgehead atoms. The Bertz CT molecular complexity index is 282. The molecule has 0 N–H and O–H groups in total. The molecule has 0 saturated heterocycles. The topological polar surface area (TPSA) is 17.1 Å². The number of hydrogen-bond donors (Lipinski definition) is 0. The fourth-order valence-corrected chi connectivity index (χ4v) is 2.48. The average molecular weight is 206 g/mol. The van der Waals surface area contributed by atoms with Crippen LogP contribution >= 0.6 is 0 Å². The van der Waals surface area contributed by atoms with Gasteiger partial charge in [-0.05, 0) is 38.0 Å². The average Bonchev–Trinajstić information content (AvgIpc) is 2.15. The summed E-state index contributed by atoms with van der Waals surface area (Å²) in [5, 5.41) is 0. The molecule has 0 aromatic heterocycles. The van der Waals surface area contributed by atoms with Crippen LogP contribution in [-0.2, 0) is 4.79 Å². The summed E-state index contributed by atoms with van der Waals surface area (Å²) in [5.74, 6) is 0. The molecule has 0 heterocycles. The number of carbonyl (C=O) groups is 1. The molecule has 0 amide bonds. The lowest BCUT2D eigenvalue weighted by atomic mass is 9.71. The molecule has 0 saturated carbocycles. The molecule has 1 aliphatic rings. The van der Waals surface area contributed by atoms with Crippen LogP contribution in [0.1, 0.15) is 52.9 Å². The van der Waals surface area contributed by atoms with Crippen LogP contribution in [0.4, 0.5) is 0 Å². The standard InChI is InChI=1S/C14H22O/c1-12-8-7-10-14(2,3)13(12)9-5-4-6-11-15/h4-5,11H,6-10H2,1-3H3. The van der Waals surface area contributed by atoms with Crippen LogP contribution in [0.25, 0.3) is 0 Å². The Labute approximate surface area is 93.3 Å². The molecule has 0 radical (unpaired) electrons. The van der Waals surface area contributed by atoms with Crippen LogP contribution in [-0.4, -0.2) is 6.29 Å². The minimum Gasteiger partial charge on any atom is -0.303 e. The maximum atomic E-state index is 10.2. The van der Waals surface area contributed by atoms with Gasteiger partial charge in [-0.15, -0.1) is 0 Å². The van der Waals surface area contributed by atoms with E-state index in [4.69, 9.17) is 0 Å². The Morgan fingerprint density at radius 2 is 2.07 bits per heavy atom. The summed E-state index contributed by atoms with van der Waals surface area (Å²) in [4.78, 5) is 10.2. The monoisotopic (exact) mass is 206 g/mol. The molecule has 0 aromatic rings. The molecule has 15 heavy (non-hydrogen) atoms. The van der Waals surface area contributed by atoms with Crippen LogP contribution in [0.2, 0.25) is 0 Å². The van der Waals surface area contributed by atoms with Crippen molar-refractivity contribution in [3.8, 4) is 0 Å². The van der Waals surface area contributed by atoms with Crippen LogP contribution in [0, 0.1) is 5.41 Å². The van der Waals surface area contributed by atoms with Crippen LogP contribution in [0.5, 0.6) is 0 Å². The van der Waals surface area contributed by atoms with Crippen molar-refractivity contribution < 1.29 is 4.79 Å². The number of rotatable bonds is 4. The Hall–Kier alpha value is -0.850. The predicted molar refractivity (Wildman–Crippen MR) is 64.8 cm³/mol. The zero-order valence-corrected chi connectivity index (χ0v) is 10.2. The third-order valence-corrected chi connectivity index (χ3v) is 3.41. The van der Waals surface area contributed by atoms with Gasteiger partial charge in [0.2, 0.25) is 0 Å². The van der Waals surface area contributed by atoms with Crippen molar-refractivity contribution in [3.05, 3.63) is 23.3 Å². The van der Waals surface area contributed by atoms with E-state index in [0.717, 1.165) is 12.7 Å². The van der Waals surface area contributed by atoms with E-state index in [-0.39, 0.29) is 0 Å². The SMILES string of the molecule is CC1=C(CC=CCC=O)C(C)(C)CCC1. The first-order chi connectivity index (χ1) is 7.08. The zero-order chi connectivity index (χ0) is 11.3. The zero-order valence-electron chi connectivity index (χ0n) is 10.2. The first-order valence-electron chi connectivity index (χ1n) is 5.85. The molecule has 84 valence electrons. The van der Waals surface area contributed by atoms with Gasteiger partial charge in [0, 0.05) is 6.42 Å². The fraction of sp³-hybridized carbons (Fsp3) is 0.643. The van der Waals surface area contributed by atoms with Crippen molar-refractivity contribution in [2.75, 3.05) is 0 Å². The Kier molecular flexibility index (Phi) is 4.31. The summed E-state index contributed by atoms with van der Waals surface area (Å²) in [6.45, 7) is 6.92. The Balaban J connectivity index is 2.68. The van der Waals surface area contributed by atoms with E-state index in [1.807, 2.05) is 6.08 Å². The summed E-state index contributed by atoms with van der Waals surface area (Å²) < 4.78 is 0. The second-order valence-corrected chi connectivity index (χ2v) is 5.07. The second-order valence-electron chi connectivity index (χ2n) is 5.07. The second kappa shape index (κ2) is 5.29. The molecule has 0 spiro atoms. The first-order valence-corrected chi connectivity index (χ1v) is 5.85. The highest BCUT2D eigenvalue weighted by Crippen LogP contribution is 2.41. The highest BCUT2D eigenvalue weighted by atomic mass is 16.1. The van der Waals surface area contributed by atoms with Gasteiger partial charge >= 0.3 is 0 Å². The van der Waals surface area contributed by atoms with Gasteiger partial charge < -0.3 is 4.79 Å². The molecule has 1 aliphatic carbocycles. The van der Waals surface area contributed by atoms with Gasteiger partial charge in [-0.3, -0.25) is 0 Å². The lowest BCUT2D eigenvalue weighted by molar-refractivity contribution is -0.107. The lowest BCUT2D eigenvalue weighted by Crippen LogP contribution is -2.19. The van der Waals surface area contributed by atoms with Crippen molar-refractivity contribution in [3.63, 3.8) is 0 Å². The van der Waals surface area contributed by atoms with E-state index in [1.165, 1.54) is 19.3 Å². The van der Waals surface area contributed by atoms with E-state index >= 15 is 0 Å². The molecular formula is C14H22O. The molecule has 0 aliphatic heterocycles. The van der Waals surface area contributed by atoms with Crippen LogP contribution in [0.15, 0.2) is 23.3 Å². The highest BCUT2D eigenvalue weighted by molar-refractivity contribution is 5.51. The maximum absolute atomic E-state index is 10.2. The Morgan fingerprint density at radius 1 is 1.33 bits per heavy atom. The van der Waals surface area contributed by atoms with Gasteiger partial charge in [0.15, 0.2) is 0 Å². The summed E-state index contributed by atoms with van der Waals surface area (Å²) in [6.07, 6.45) is 10.5. The molecule has 1 nitrogen and oxygen atoms in total. The van der Waals surface area contributed by atoms with Crippen molar-refractivity contribution in [2.24, 2.45) is 5.41 Å². The minimum atomic E-state index is 0.355. The van der Waals surface area contributed by atoms with Crippen LogP contribution < -0.4 is 0 Å². The first kappa shape index (κ1) is 12.2. The number of hydrogen-bond acceptors (Lipinski definition) is 1. The summed E-state index contributed by atoms with van der Waals surface area (Å²) >= 11 is 0. The summed E-state index contributed by atoms with van der Waals surface area (Å²) in [6, 6.07) is 0. The molecule has 0 unspecified atom stereocenters. The van der Waals surface area contributed by atoms with Crippen molar-refractivity contribution in [1.82, 2.24) is 0 Å². The molecule has 1 rings (SSSR count). The van der Waals surface area contributed by atoms with Gasteiger partial charge in [-0.25, -0.2) is 0 Å². The van der Waals surface area contributed by atoms with Gasteiger partial charge in [0.25, 0.3) is 0 Å². The normalized spacial score (nSPS) is 21.0. The van der Waals surface area contributed by atoms with E-state index in [0.29, 0.717) is 11.8 Å². The number of aldehydes is 1. The molecular weight excluding hydrogens is 184 g/mol. The molecule has 0 atom stereocenters. The number of allylic oxidation sites excluding steroid dienone is 4. The van der Waals surface area contributed by atoms with E-state index < -0.39 is 0 Å². The maximum Gasteiger partial charge on any atom is 0.123 e. The highest BCUT2D eigenvalue weighted by Gasteiger charge is 2.26. The minimum absolute atomic E-state index is 0.355. The number of carbonyl (C=O) groups excluding carboxylic acids is 1. The van der Waals surface area contributed by atoms with Gasteiger partial charge in [0.05, 0.1) is 0 Å². The largest absolute Gasteiger partial charge is 0.303 e. The van der Waals surface area contributed by atoms with Gasteiger partial charge in [-0.2, -0.15) is 0 Å². The van der Waals surface area contributed by atoms with E-state index in [1.54, 1.807) is 11.1 Å². The van der Waals surface area contributed by atoms with Crippen molar-refractivity contribution >= 4 is 6.29 Å². The summed E-state index contributed by atoms with van der Waals surface area (Å²) in [7, 11) is 0. The summed E-state index contributed by atoms with van der Waals surface area (Å²) in [5.41, 5.74) is 3.49. The molecule has 1 heteroatoms. The van der Waals surface area contributed by atoms with Gasteiger partial charge in [-0.1, -0.05) is 37.1 Å². The quantitative estimate of drug-likeness (QED) is 0.501. The molecule has 0 aromatic carbocycles. The van der Waals surface area contributed by atoms with Crippen molar-refractivity contribution in [2.45, 2.75) is 52.9 Å².